The zero-order valence-electron chi connectivity index (χ0n) is 17.3. The molecule has 2 saturated heterocycles. The van der Waals surface area contributed by atoms with E-state index in [1.165, 1.54) is 6.92 Å². The smallest absolute Gasteiger partial charge is 0.334 e. The summed E-state index contributed by atoms with van der Waals surface area (Å²) in [6.07, 6.45) is 3.15. The minimum absolute atomic E-state index is 0.0842. The lowest BCUT2D eigenvalue weighted by Crippen LogP contribution is -2.37. The number of carbonyl (C=O) groups excluding carboxylic acids is 2. The third-order valence-electron chi connectivity index (χ3n) is 6.31. The van der Waals surface area contributed by atoms with E-state index >= 15 is 0 Å². The normalized spacial score (nSPS) is 40.1. The third-order valence-corrected chi connectivity index (χ3v) is 6.31. The number of epoxide rings is 1. The number of esters is 2. The maximum atomic E-state index is 12.3. The number of ether oxygens (including phenoxy) is 3. The third kappa shape index (κ3) is 4.63. The Balaban J connectivity index is 1.92. The van der Waals surface area contributed by atoms with Crippen molar-refractivity contribution < 1.29 is 33.9 Å². The van der Waals surface area contributed by atoms with Crippen molar-refractivity contribution in [2.75, 3.05) is 0 Å². The highest BCUT2D eigenvalue weighted by atomic mass is 17.1. The molecular weight excluding hydrogens is 376 g/mol. The average molecular weight is 406 g/mol. The van der Waals surface area contributed by atoms with Crippen molar-refractivity contribution in [1.82, 2.24) is 0 Å². The van der Waals surface area contributed by atoms with Crippen LogP contribution in [-0.4, -0.2) is 47.2 Å². The highest BCUT2D eigenvalue weighted by Crippen LogP contribution is 2.48. The van der Waals surface area contributed by atoms with Crippen molar-refractivity contribution in [2.24, 2.45) is 5.92 Å². The Labute approximate surface area is 171 Å². The Kier molecular flexibility index (Phi) is 6.31. The molecule has 0 spiro atoms. The van der Waals surface area contributed by atoms with E-state index in [0.717, 1.165) is 11.1 Å². The van der Waals surface area contributed by atoms with Crippen LogP contribution in [0.25, 0.3) is 0 Å². The molecule has 0 aromatic rings. The van der Waals surface area contributed by atoms with E-state index in [1.54, 1.807) is 0 Å². The van der Waals surface area contributed by atoms with Crippen LogP contribution in [0.2, 0.25) is 0 Å². The van der Waals surface area contributed by atoms with Crippen molar-refractivity contribution in [1.29, 1.82) is 0 Å². The molecule has 2 fully saturated rings. The quantitative estimate of drug-likeness (QED) is 0.187. The van der Waals surface area contributed by atoms with Gasteiger partial charge in [-0.05, 0) is 57.1 Å². The molecule has 3 aliphatic rings. The highest BCUT2D eigenvalue weighted by Gasteiger charge is 2.56. The van der Waals surface area contributed by atoms with E-state index in [4.69, 9.17) is 14.2 Å². The summed E-state index contributed by atoms with van der Waals surface area (Å²) in [5, 5.41) is 9.29. The Morgan fingerprint density at radius 3 is 2.76 bits per heavy atom. The van der Waals surface area contributed by atoms with E-state index in [0.29, 0.717) is 37.7 Å². The molecule has 6 atom stereocenters. The summed E-state index contributed by atoms with van der Waals surface area (Å²) in [5.41, 5.74) is 1.59. The lowest BCUT2D eigenvalue weighted by Gasteiger charge is -2.27. The number of allylic oxidation sites excluding steroid dienone is 1. The van der Waals surface area contributed by atoms with Crippen molar-refractivity contribution in [3.05, 3.63) is 36.0 Å². The number of hydrogen-bond acceptors (Lipinski definition) is 7. The minimum Gasteiger partial charge on any atom is -0.454 e. The standard InChI is InChI=1S/C22H30O7/c1-12-7-6-8-13(2)19(26-15(4)23)20-16(14(3)21(24)27-20)11-18-22(5,28-18)10-9-17(12)29-25/h8,16-20,25H,1,3,6-7,9-11H2,2,4-5H3/b13-8+/t16-,17+,18+,19+,20-,22+/m1/s1. The topological polar surface area (TPSA) is 94.6 Å². The van der Waals surface area contributed by atoms with Crippen LogP contribution in [0.5, 0.6) is 0 Å². The Morgan fingerprint density at radius 1 is 1.38 bits per heavy atom. The first kappa shape index (κ1) is 21.7. The van der Waals surface area contributed by atoms with Gasteiger partial charge < -0.3 is 14.2 Å². The molecule has 0 aromatic carbocycles. The van der Waals surface area contributed by atoms with Crippen LogP contribution >= 0.6 is 0 Å². The SMILES string of the molecule is C=C1CC/C=C(\C)[C@H](OC(C)=O)[C@@H]2OC(=O)C(=C)[C@H]2C[C@@H]2O[C@@]2(C)CC[C@@H]1OO. The molecule has 160 valence electrons. The number of fused-ring (bicyclic) bond motifs is 2. The molecule has 1 aliphatic carbocycles. The highest BCUT2D eigenvalue weighted by molar-refractivity contribution is 5.91. The summed E-state index contributed by atoms with van der Waals surface area (Å²) >= 11 is 0. The lowest BCUT2D eigenvalue weighted by molar-refractivity contribution is -0.270. The molecule has 7 heteroatoms. The minimum atomic E-state index is -0.688. The summed E-state index contributed by atoms with van der Waals surface area (Å²) in [6, 6.07) is 0. The van der Waals surface area contributed by atoms with E-state index in [2.05, 4.69) is 18.0 Å². The van der Waals surface area contributed by atoms with Gasteiger partial charge in [-0.25, -0.2) is 9.68 Å². The van der Waals surface area contributed by atoms with Gasteiger partial charge in [0.25, 0.3) is 0 Å². The Bertz CT molecular complexity index is 739. The predicted molar refractivity (Wildman–Crippen MR) is 105 cm³/mol. The fourth-order valence-electron chi connectivity index (χ4n) is 4.33. The van der Waals surface area contributed by atoms with Gasteiger partial charge in [0, 0.05) is 18.4 Å². The van der Waals surface area contributed by atoms with Gasteiger partial charge >= 0.3 is 11.9 Å². The molecule has 0 bridgehead atoms. The summed E-state index contributed by atoms with van der Waals surface area (Å²) in [4.78, 5) is 28.7. The van der Waals surface area contributed by atoms with Crippen molar-refractivity contribution >= 4 is 11.9 Å². The fourth-order valence-corrected chi connectivity index (χ4v) is 4.33. The molecular formula is C22H30O7. The molecule has 7 nitrogen and oxygen atoms in total. The predicted octanol–water partition coefficient (Wildman–Crippen LogP) is 3.50. The van der Waals surface area contributed by atoms with Gasteiger partial charge in [0.2, 0.25) is 0 Å². The second-order valence-corrected chi connectivity index (χ2v) is 8.46. The zero-order valence-corrected chi connectivity index (χ0v) is 17.3. The van der Waals surface area contributed by atoms with Gasteiger partial charge in [-0.3, -0.25) is 10.1 Å². The zero-order chi connectivity index (χ0) is 21.3. The van der Waals surface area contributed by atoms with Crippen LogP contribution in [0.3, 0.4) is 0 Å². The van der Waals surface area contributed by atoms with E-state index in [1.807, 2.05) is 19.9 Å². The van der Waals surface area contributed by atoms with Crippen LogP contribution in [0.1, 0.15) is 52.9 Å². The van der Waals surface area contributed by atoms with Gasteiger partial charge in [-0.2, -0.15) is 0 Å². The van der Waals surface area contributed by atoms with Crippen LogP contribution < -0.4 is 0 Å². The fraction of sp³-hybridized carbons (Fsp3) is 0.636. The average Bonchev–Trinajstić information content (AvgIpc) is 3.21. The summed E-state index contributed by atoms with van der Waals surface area (Å²) in [7, 11) is 0. The van der Waals surface area contributed by atoms with Crippen molar-refractivity contribution in [3.8, 4) is 0 Å². The van der Waals surface area contributed by atoms with E-state index in [9.17, 15) is 14.8 Å². The first-order valence-electron chi connectivity index (χ1n) is 10.1. The Hall–Kier alpha value is -1.96. The number of rotatable bonds is 2. The maximum absolute atomic E-state index is 12.3. The van der Waals surface area contributed by atoms with Gasteiger partial charge in [0.15, 0.2) is 6.10 Å². The summed E-state index contributed by atoms with van der Waals surface area (Å²) in [6.45, 7) is 13.2. The molecule has 0 amide bonds. The van der Waals surface area contributed by atoms with E-state index in [-0.39, 0.29) is 17.6 Å². The first-order valence-corrected chi connectivity index (χ1v) is 10.1. The second kappa shape index (κ2) is 8.42. The summed E-state index contributed by atoms with van der Waals surface area (Å²) in [5.74, 6) is -1.20. The van der Waals surface area contributed by atoms with Crippen LogP contribution in [0.4, 0.5) is 0 Å². The second-order valence-electron chi connectivity index (χ2n) is 8.46. The van der Waals surface area contributed by atoms with Gasteiger partial charge in [-0.15, -0.1) is 0 Å². The largest absolute Gasteiger partial charge is 0.454 e. The maximum Gasteiger partial charge on any atom is 0.334 e. The molecule has 0 radical (unpaired) electrons. The summed E-state index contributed by atoms with van der Waals surface area (Å²) < 4.78 is 17.1. The number of hydrogen-bond donors (Lipinski definition) is 1. The molecule has 3 rings (SSSR count). The molecule has 1 N–H and O–H groups in total. The van der Waals surface area contributed by atoms with Crippen molar-refractivity contribution in [3.63, 3.8) is 0 Å². The monoisotopic (exact) mass is 406 g/mol. The lowest BCUT2D eigenvalue weighted by atomic mass is 9.83. The van der Waals surface area contributed by atoms with Crippen molar-refractivity contribution in [2.45, 2.75) is 82.9 Å². The van der Waals surface area contributed by atoms with Gasteiger partial charge in [0.1, 0.15) is 12.2 Å². The molecule has 2 heterocycles. The van der Waals surface area contributed by atoms with Crippen LogP contribution in [0, 0.1) is 5.92 Å². The number of carbonyl (C=O) groups is 2. The van der Waals surface area contributed by atoms with Gasteiger partial charge in [0.05, 0.1) is 11.7 Å². The molecule has 2 aliphatic heterocycles. The van der Waals surface area contributed by atoms with Crippen LogP contribution in [-0.2, 0) is 28.7 Å². The Morgan fingerprint density at radius 2 is 2.10 bits per heavy atom. The molecule has 0 unspecified atom stereocenters. The molecule has 0 aromatic heterocycles. The molecule has 0 saturated carbocycles. The molecule has 29 heavy (non-hydrogen) atoms. The van der Waals surface area contributed by atoms with Gasteiger partial charge in [-0.1, -0.05) is 19.2 Å². The van der Waals surface area contributed by atoms with Crippen LogP contribution in [0.15, 0.2) is 36.0 Å². The first-order chi connectivity index (χ1) is 13.7. The van der Waals surface area contributed by atoms with E-state index < -0.39 is 30.3 Å².